The monoisotopic (exact) mass is 259 g/mol. The first-order valence-corrected chi connectivity index (χ1v) is 6.44. The molecule has 2 amide bonds. The second-order valence-electron chi connectivity index (χ2n) is 5.23. The molecule has 5 nitrogen and oxygen atoms in total. The molecular formula is C14H17N3O2. The van der Waals surface area contributed by atoms with Crippen molar-refractivity contribution in [3.8, 4) is 0 Å². The SMILES string of the molecule is CC(C)N1CC(c2ccc3ncoc3c2)N(C)C1=O. The number of oxazole rings is 1. The predicted octanol–water partition coefficient (Wildman–Crippen LogP) is 2.64. The Morgan fingerprint density at radius 3 is 2.89 bits per heavy atom. The van der Waals surface area contributed by atoms with Crippen LogP contribution < -0.4 is 0 Å². The van der Waals surface area contributed by atoms with Gasteiger partial charge in [-0.1, -0.05) is 6.07 Å². The molecule has 0 aliphatic carbocycles. The van der Waals surface area contributed by atoms with Crippen LogP contribution in [0.4, 0.5) is 4.79 Å². The Morgan fingerprint density at radius 2 is 2.21 bits per heavy atom. The molecule has 3 rings (SSSR count). The van der Waals surface area contributed by atoms with E-state index in [1.54, 1.807) is 4.90 Å². The summed E-state index contributed by atoms with van der Waals surface area (Å²) in [7, 11) is 1.85. The van der Waals surface area contributed by atoms with Crippen LogP contribution in [-0.2, 0) is 0 Å². The van der Waals surface area contributed by atoms with Crippen molar-refractivity contribution >= 4 is 17.1 Å². The van der Waals surface area contributed by atoms with E-state index >= 15 is 0 Å². The molecule has 0 radical (unpaired) electrons. The number of hydrogen-bond acceptors (Lipinski definition) is 3. The van der Waals surface area contributed by atoms with Gasteiger partial charge in [0, 0.05) is 19.6 Å². The number of amides is 2. The summed E-state index contributed by atoms with van der Waals surface area (Å²) >= 11 is 0. The lowest BCUT2D eigenvalue weighted by molar-refractivity contribution is 0.187. The zero-order chi connectivity index (χ0) is 13.6. The number of carbonyl (C=O) groups is 1. The van der Waals surface area contributed by atoms with Crippen molar-refractivity contribution < 1.29 is 9.21 Å². The predicted molar refractivity (Wildman–Crippen MR) is 71.8 cm³/mol. The quantitative estimate of drug-likeness (QED) is 0.833. The first-order valence-electron chi connectivity index (χ1n) is 6.44. The maximum absolute atomic E-state index is 12.2. The lowest BCUT2D eigenvalue weighted by Gasteiger charge is -2.19. The summed E-state index contributed by atoms with van der Waals surface area (Å²) in [5, 5.41) is 0. The Balaban J connectivity index is 1.95. The largest absolute Gasteiger partial charge is 0.443 e. The van der Waals surface area contributed by atoms with E-state index in [4.69, 9.17) is 4.42 Å². The Labute approximate surface area is 111 Å². The van der Waals surface area contributed by atoms with Gasteiger partial charge >= 0.3 is 6.03 Å². The molecule has 0 spiro atoms. The van der Waals surface area contributed by atoms with Crippen LogP contribution in [0.25, 0.3) is 11.1 Å². The van der Waals surface area contributed by atoms with E-state index in [1.807, 2.05) is 44.0 Å². The van der Waals surface area contributed by atoms with Gasteiger partial charge in [-0.05, 0) is 31.5 Å². The Bertz CT molecular complexity index is 620. The van der Waals surface area contributed by atoms with Crippen LogP contribution >= 0.6 is 0 Å². The summed E-state index contributed by atoms with van der Waals surface area (Å²) in [6, 6.07) is 6.30. The fraction of sp³-hybridized carbons (Fsp3) is 0.429. The number of likely N-dealkylation sites (N-methyl/N-ethyl adjacent to an activating group) is 1. The number of fused-ring (bicyclic) bond motifs is 1. The summed E-state index contributed by atoms with van der Waals surface area (Å²) in [5.41, 5.74) is 2.70. The van der Waals surface area contributed by atoms with Gasteiger partial charge in [0.25, 0.3) is 0 Å². The number of benzene rings is 1. The molecule has 1 unspecified atom stereocenters. The van der Waals surface area contributed by atoms with Crippen molar-refractivity contribution in [2.75, 3.05) is 13.6 Å². The van der Waals surface area contributed by atoms with Crippen LogP contribution in [0, 0.1) is 0 Å². The average Bonchev–Trinajstić information content (AvgIpc) is 2.95. The van der Waals surface area contributed by atoms with E-state index in [0.717, 1.165) is 16.7 Å². The third-order valence-corrected chi connectivity index (χ3v) is 3.75. The number of rotatable bonds is 2. The van der Waals surface area contributed by atoms with Gasteiger partial charge in [0.2, 0.25) is 0 Å². The van der Waals surface area contributed by atoms with E-state index < -0.39 is 0 Å². The Hall–Kier alpha value is -2.04. The van der Waals surface area contributed by atoms with E-state index in [-0.39, 0.29) is 18.1 Å². The molecule has 100 valence electrons. The summed E-state index contributed by atoms with van der Waals surface area (Å²) in [4.78, 5) is 19.9. The molecule has 1 fully saturated rings. The van der Waals surface area contributed by atoms with Crippen LogP contribution in [0.2, 0.25) is 0 Å². The molecule has 1 aromatic carbocycles. The summed E-state index contributed by atoms with van der Waals surface area (Å²) < 4.78 is 5.33. The average molecular weight is 259 g/mol. The minimum atomic E-state index is 0.0735. The van der Waals surface area contributed by atoms with Crippen molar-refractivity contribution in [1.82, 2.24) is 14.8 Å². The van der Waals surface area contributed by atoms with Gasteiger partial charge < -0.3 is 14.2 Å². The number of hydrogen-bond donors (Lipinski definition) is 0. The maximum Gasteiger partial charge on any atom is 0.320 e. The Kier molecular flexibility index (Phi) is 2.69. The molecule has 1 aliphatic heterocycles. The van der Waals surface area contributed by atoms with Crippen molar-refractivity contribution in [2.45, 2.75) is 25.9 Å². The van der Waals surface area contributed by atoms with Crippen LogP contribution in [0.15, 0.2) is 29.0 Å². The van der Waals surface area contributed by atoms with Gasteiger partial charge in [0.15, 0.2) is 12.0 Å². The van der Waals surface area contributed by atoms with Gasteiger partial charge in [-0.15, -0.1) is 0 Å². The first-order chi connectivity index (χ1) is 9.08. The molecule has 19 heavy (non-hydrogen) atoms. The molecule has 1 saturated heterocycles. The highest BCUT2D eigenvalue weighted by molar-refractivity contribution is 5.78. The standard InChI is InChI=1S/C14H17N3O2/c1-9(2)17-7-12(16(3)14(17)18)10-4-5-11-13(6-10)19-8-15-11/h4-6,8-9,12H,7H2,1-3H3. The zero-order valence-corrected chi connectivity index (χ0v) is 11.3. The lowest BCUT2D eigenvalue weighted by atomic mass is 10.1. The van der Waals surface area contributed by atoms with E-state index in [2.05, 4.69) is 4.98 Å². The third kappa shape index (κ3) is 1.85. The summed E-state index contributed by atoms with van der Waals surface area (Å²) in [6.07, 6.45) is 1.44. The third-order valence-electron chi connectivity index (χ3n) is 3.75. The van der Waals surface area contributed by atoms with Crippen LogP contribution in [0.3, 0.4) is 0 Å². The molecule has 0 bridgehead atoms. The van der Waals surface area contributed by atoms with E-state index in [1.165, 1.54) is 6.39 Å². The maximum atomic E-state index is 12.2. The van der Waals surface area contributed by atoms with Gasteiger partial charge in [-0.2, -0.15) is 0 Å². The first kappa shape index (κ1) is 12.0. The van der Waals surface area contributed by atoms with Crippen molar-refractivity contribution in [3.63, 3.8) is 0 Å². The number of nitrogens with zero attached hydrogens (tertiary/aromatic N) is 3. The molecule has 1 atom stereocenters. The van der Waals surface area contributed by atoms with Crippen LogP contribution in [-0.4, -0.2) is 40.4 Å². The normalized spacial score (nSPS) is 20.0. The molecule has 2 aromatic rings. The van der Waals surface area contributed by atoms with Crippen LogP contribution in [0.5, 0.6) is 0 Å². The fourth-order valence-electron chi connectivity index (χ4n) is 2.56. The van der Waals surface area contributed by atoms with Crippen molar-refractivity contribution in [2.24, 2.45) is 0 Å². The second-order valence-corrected chi connectivity index (χ2v) is 5.23. The van der Waals surface area contributed by atoms with Gasteiger partial charge in [0.05, 0.1) is 6.04 Å². The molecule has 2 heterocycles. The van der Waals surface area contributed by atoms with Gasteiger partial charge in [0.1, 0.15) is 5.52 Å². The number of aromatic nitrogens is 1. The summed E-state index contributed by atoms with van der Waals surface area (Å²) in [6.45, 7) is 4.79. The van der Waals surface area contributed by atoms with Gasteiger partial charge in [-0.25, -0.2) is 9.78 Å². The number of urea groups is 1. The smallest absolute Gasteiger partial charge is 0.320 e. The topological polar surface area (TPSA) is 49.6 Å². The minimum absolute atomic E-state index is 0.0735. The Morgan fingerprint density at radius 1 is 1.42 bits per heavy atom. The van der Waals surface area contributed by atoms with E-state index in [0.29, 0.717) is 6.54 Å². The van der Waals surface area contributed by atoms with Crippen molar-refractivity contribution in [1.29, 1.82) is 0 Å². The lowest BCUT2D eigenvalue weighted by Crippen LogP contribution is -2.34. The zero-order valence-electron chi connectivity index (χ0n) is 11.3. The van der Waals surface area contributed by atoms with Crippen LogP contribution in [0.1, 0.15) is 25.5 Å². The molecule has 1 aliphatic rings. The summed E-state index contributed by atoms with van der Waals surface area (Å²) in [5.74, 6) is 0. The number of carbonyl (C=O) groups excluding carboxylic acids is 1. The van der Waals surface area contributed by atoms with Crippen molar-refractivity contribution in [3.05, 3.63) is 30.2 Å². The second kappa shape index (κ2) is 4.26. The fourth-order valence-corrected chi connectivity index (χ4v) is 2.56. The molecular weight excluding hydrogens is 242 g/mol. The molecule has 0 saturated carbocycles. The highest BCUT2D eigenvalue weighted by Crippen LogP contribution is 2.30. The molecule has 5 heteroatoms. The minimum Gasteiger partial charge on any atom is -0.443 e. The van der Waals surface area contributed by atoms with Gasteiger partial charge in [-0.3, -0.25) is 0 Å². The highest BCUT2D eigenvalue weighted by atomic mass is 16.3. The molecule has 0 N–H and O–H groups in total. The highest BCUT2D eigenvalue weighted by Gasteiger charge is 2.36. The van der Waals surface area contributed by atoms with E-state index in [9.17, 15) is 4.79 Å². The molecule has 1 aromatic heterocycles.